The number of benzene rings is 2. The van der Waals surface area contributed by atoms with Gasteiger partial charge in [-0.1, -0.05) is 35.3 Å². The van der Waals surface area contributed by atoms with Crippen LogP contribution < -0.4 is 10.2 Å². The van der Waals surface area contributed by atoms with Gasteiger partial charge in [0.15, 0.2) is 0 Å². The fourth-order valence-corrected chi connectivity index (χ4v) is 3.95. The van der Waals surface area contributed by atoms with Gasteiger partial charge in [0.05, 0.1) is 28.0 Å². The van der Waals surface area contributed by atoms with Gasteiger partial charge in [-0.15, -0.1) is 11.3 Å². The highest BCUT2D eigenvalue weighted by molar-refractivity contribution is 7.16. The first-order valence-corrected chi connectivity index (χ1v) is 9.77. The summed E-state index contributed by atoms with van der Waals surface area (Å²) in [6, 6.07) is 15.2. The fourth-order valence-electron chi connectivity index (χ4n) is 2.59. The van der Waals surface area contributed by atoms with Gasteiger partial charge in [-0.25, -0.2) is 4.39 Å². The number of hydrogen-bond donors (Lipinski definition) is 1. The number of amides is 1. The minimum absolute atomic E-state index is 0.150. The molecule has 0 aliphatic rings. The minimum Gasteiger partial charge on any atom is -0.369 e. The molecule has 0 unspecified atom stereocenters. The lowest BCUT2D eigenvalue weighted by Crippen LogP contribution is -2.17. The van der Waals surface area contributed by atoms with Gasteiger partial charge in [0, 0.05) is 17.6 Å². The van der Waals surface area contributed by atoms with Crippen LogP contribution in [-0.2, 0) is 17.8 Å². The third-order valence-electron chi connectivity index (χ3n) is 3.97. The molecule has 3 aromatic rings. The molecule has 1 N–H and O–H groups in total. The van der Waals surface area contributed by atoms with Crippen LogP contribution in [0.3, 0.4) is 0 Å². The maximum Gasteiger partial charge on any atom is 0.228 e. The van der Waals surface area contributed by atoms with Crippen molar-refractivity contribution in [3.8, 4) is 0 Å². The van der Waals surface area contributed by atoms with Gasteiger partial charge in [0.2, 0.25) is 5.91 Å². The van der Waals surface area contributed by atoms with Gasteiger partial charge in [0.25, 0.3) is 0 Å². The minimum atomic E-state index is -0.327. The topological polar surface area (TPSA) is 32.3 Å². The summed E-state index contributed by atoms with van der Waals surface area (Å²) in [5.41, 5.74) is 2.21. The molecule has 1 heterocycles. The molecule has 0 radical (unpaired) electrons. The van der Waals surface area contributed by atoms with Crippen LogP contribution in [0.5, 0.6) is 0 Å². The van der Waals surface area contributed by atoms with E-state index in [1.54, 1.807) is 18.2 Å². The zero-order valence-corrected chi connectivity index (χ0v) is 16.8. The van der Waals surface area contributed by atoms with Gasteiger partial charge in [0.1, 0.15) is 5.82 Å². The molecule has 0 fully saturated rings. The van der Waals surface area contributed by atoms with Crippen LogP contribution in [0.15, 0.2) is 54.6 Å². The number of thiophene rings is 1. The second-order valence-electron chi connectivity index (χ2n) is 6.08. The van der Waals surface area contributed by atoms with Crippen molar-refractivity contribution in [2.75, 3.05) is 17.3 Å². The Morgan fingerprint density at radius 3 is 2.48 bits per heavy atom. The van der Waals surface area contributed by atoms with Gasteiger partial charge < -0.3 is 10.2 Å². The Bertz CT molecular complexity index is 943. The maximum absolute atomic E-state index is 12.9. The molecule has 1 amide bonds. The maximum atomic E-state index is 12.9. The van der Waals surface area contributed by atoms with Crippen molar-refractivity contribution in [3.63, 3.8) is 0 Å². The molecule has 3 nitrogen and oxygen atoms in total. The molecule has 0 saturated carbocycles. The molecule has 0 atom stereocenters. The van der Waals surface area contributed by atoms with Crippen LogP contribution in [0.2, 0.25) is 9.36 Å². The van der Waals surface area contributed by atoms with E-state index in [4.69, 9.17) is 23.2 Å². The Morgan fingerprint density at radius 2 is 1.85 bits per heavy atom. The number of nitrogens with zero attached hydrogens (tertiary/aromatic N) is 1. The molecule has 0 spiro atoms. The quantitative estimate of drug-likeness (QED) is 0.527. The summed E-state index contributed by atoms with van der Waals surface area (Å²) in [6.07, 6.45) is 0.150. The number of hydrogen-bond acceptors (Lipinski definition) is 3. The highest BCUT2D eigenvalue weighted by atomic mass is 35.5. The van der Waals surface area contributed by atoms with E-state index < -0.39 is 0 Å². The Kier molecular flexibility index (Phi) is 6.37. The Morgan fingerprint density at radius 1 is 1.11 bits per heavy atom. The second-order valence-corrected chi connectivity index (χ2v) is 8.28. The molecule has 7 heteroatoms. The lowest BCUT2D eigenvalue weighted by molar-refractivity contribution is -0.115. The molecule has 0 aliphatic heterocycles. The Labute approximate surface area is 171 Å². The van der Waals surface area contributed by atoms with Crippen LogP contribution in [0.1, 0.15) is 10.4 Å². The molecule has 27 heavy (non-hydrogen) atoms. The predicted molar refractivity (Wildman–Crippen MR) is 112 cm³/mol. The molecule has 2 aromatic carbocycles. The highest BCUT2D eigenvalue weighted by Gasteiger charge is 2.10. The summed E-state index contributed by atoms with van der Waals surface area (Å²) in [4.78, 5) is 15.4. The number of anilines is 2. The van der Waals surface area contributed by atoms with Crippen molar-refractivity contribution in [2.45, 2.75) is 13.0 Å². The van der Waals surface area contributed by atoms with Crippen LogP contribution >= 0.6 is 34.5 Å². The third-order valence-corrected chi connectivity index (χ3v) is 5.50. The smallest absolute Gasteiger partial charge is 0.228 e. The lowest BCUT2D eigenvalue weighted by Gasteiger charge is -2.19. The Balaban J connectivity index is 1.63. The summed E-state index contributed by atoms with van der Waals surface area (Å²) in [5.74, 6) is -0.537. The first kappa shape index (κ1) is 19.7. The van der Waals surface area contributed by atoms with Crippen molar-refractivity contribution in [3.05, 3.63) is 80.2 Å². The Hall–Kier alpha value is -2.08. The van der Waals surface area contributed by atoms with Crippen LogP contribution in [0.4, 0.5) is 15.8 Å². The zero-order chi connectivity index (χ0) is 19.4. The van der Waals surface area contributed by atoms with E-state index in [0.29, 0.717) is 17.3 Å². The average Bonchev–Trinajstić information content (AvgIpc) is 3.03. The number of carbonyl (C=O) groups is 1. The van der Waals surface area contributed by atoms with Gasteiger partial charge in [-0.2, -0.15) is 0 Å². The molecular weight excluding hydrogens is 406 g/mol. The summed E-state index contributed by atoms with van der Waals surface area (Å²) in [5, 5.41) is 3.25. The van der Waals surface area contributed by atoms with Gasteiger partial charge in [-0.3, -0.25) is 4.79 Å². The summed E-state index contributed by atoms with van der Waals surface area (Å²) < 4.78 is 13.7. The first-order chi connectivity index (χ1) is 12.9. The van der Waals surface area contributed by atoms with Gasteiger partial charge in [-0.05, 0) is 48.0 Å². The lowest BCUT2D eigenvalue weighted by atomic mass is 10.1. The standard InChI is InChI=1S/C20H17Cl2FN2OS/c1-25(12-16-7-9-19(22)27-16)15-6-8-18(17(21)11-15)24-20(26)10-13-2-4-14(23)5-3-13/h2-9,11H,10,12H2,1H3,(H,24,26). The largest absolute Gasteiger partial charge is 0.369 e. The van der Waals surface area contributed by atoms with E-state index in [1.807, 2.05) is 31.3 Å². The van der Waals surface area contributed by atoms with Crippen molar-refractivity contribution in [1.29, 1.82) is 0 Å². The normalized spacial score (nSPS) is 10.7. The number of rotatable bonds is 6. The number of halogens is 3. The zero-order valence-electron chi connectivity index (χ0n) is 14.5. The van der Waals surface area contributed by atoms with Crippen LogP contribution in [-0.4, -0.2) is 13.0 Å². The summed E-state index contributed by atoms with van der Waals surface area (Å²) in [6.45, 7) is 0.712. The summed E-state index contributed by atoms with van der Waals surface area (Å²) >= 11 is 13.8. The highest BCUT2D eigenvalue weighted by Crippen LogP contribution is 2.29. The van der Waals surface area contributed by atoms with E-state index in [-0.39, 0.29) is 18.1 Å². The number of carbonyl (C=O) groups excluding carboxylic acids is 1. The molecule has 0 aliphatic carbocycles. The van der Waals surface area contributed by atoms with E-state index in [9.17, 15) is 9.18 Å². The van der Waals surface area contributed by atoms with Crippen molar-refractivity contribution in [2.24, 2.45) is 0 Å². The van der Waals surface area contributed by atoms with E-state index in [0.717, 1.165) is 20.5 Å². The molecule has 1 aromatic heterocycles. The van der Waals surface area contributed by atoms with Gasteiger partial charge >= 0.3 is 0 Å². The fraction of sp³-hybridized carbons (Fsp3) is 0.150. The molecule has 140 valence electrons. The SMILES string of the molecule is CN(Cc1ccc(Cl)s1)c1ccc(NC(=O)Cc2ccc(F)cc2)c(Cl)c1. The van der Waals surface area contributed by atoms with Crippen molar-refractivity contribution < 1.29 is 9.18 Å². The molecule has 0 saturated heterocycles. The molecule has 0 bridgehead atoms. The average molecular weight is 423 g/mol. The van der Waals surface area contributed by atoms with Crippen LogP contribution in [0, 0.1) is 5.82 Å². The summed E-state index contributed by atoms with van der Waals surface area (Å²) in [7, 11) is 1.96. The number of nitrogens with one attached hydrogen (secondary N) is 1. The third kappa shape index (κ3) is 5.45. The first-order valence-electron chi connectivity index (χ1n) is 8.20. The predicted octanol–water partition coefficient (Wildman–Crippen LogP) is 6.01. The van der Waals surface area contributed by atoms with Crippen molar-refractivity contribution >= 4 is 51.8 Å². The van der Waals surface area contributed by atoms with E-state index in [2.05, 4.69) is 10.2 Å². The molecule has 3 rings (SSSR count). The van der Waals surface area contributed by atoms with Crippen LogP contribution in [0.25, 0.3) is 0 Å². The van der Waals surface area contributed by atoms with Crippen molar-refractivity contribution in [1.82, 2.24) is 0 Å². The monoisotopic (exact) mass is 422 g/mol. The van der Waals surface area contributed by atoms with E-state index >= 15 is 0 Å². The van der Waals surface area contributed by atoms with E-state index in [1.165, 1.54) is 23.5 Å². The molecular formula is C20H17Cl2FN2OS. The second kappa shape index (κ2) is 8.74.